The van der Waals surface area contributed by atoms with Gasteiger partial charge in [-0.1, -0.05) is 12.2 Å². The summed E-state index contributed by atoms with van der Waals surface area (Å²) >= 11 is 0. The third-order valence-corrected chi connectivity index (χ3v) is 3.83. The number of nitrogens with one attached hydrogen (secondary N) is 2. The number of alkyl halides is 3. The molecule has 136 valence electrons. The summed E-state index contributed by atoms with van der Waals surface area (Å²) in [5.41, 5.74) is 0. The Morgan fingerprint density at radius 1 is 1.17 bits per heavy atom. The van der Waals surface area contributed by atoms with E-state index in [1.165, 1.54) is 6.08 Å². The van der Waals surface area contributed by atoms with Gasteiger partial charge in [0, 0.05) is 6.42 Å². The standard InChI is InChI=1S/C15H21F3N2O4/c16-15(17,18)8-19-13(22)6-10-3-4-11(12(7-21)24-10)20-14(23)5-9-1-2-9/h3-4,9-12,21H,1-2,5-8H2,(H,19,22)(H,20,23)/t10-,11+,12-/m1/s1. The van der Waals surface area contributed by atoms with E-state index < -0.39 is 36.9 Å². The quantitative estimate of drug-likeness (QED) is 0.589. The lowest BCUT2D eigenvalue weighted by molar-refractivity contribution is -0.140. The number of aliphatic hydroxyl groups is 1. The highest BCUT2D eigenvalue weighted by atomic mass is 19.4. The molecule has 1 fully saturated rings. The van der Waals surface area contributed by atoms with Crippen LogP contribution in [-0.4, -0.2) is 54.5 Å². The summed E-state index contributed by atoms with van der Waals surface area (Å²) in [4.78, 5) is 23.3. The molecule has 0 aromatic rings. The van der Waals surface area contributed by atoms with Gasteiger partial charge in [0.1, 0.15) is 12.6 Å². The second-order valence-electron chi connectivity index (χ2n) is 6.12. The van der Waals surface area contributed by atoms with Gasteiger partial charge in [-0.2, -0.15) is 13.2 Å². The Morgan fingerprint density at radius 2 is 1.88 bits per heavy atom. The number of halogens is 3. The summed E-state index contributed by atoms with van der Waals surface area (Å²) in [6.07, 6.45) is -0.587. The van der Waals surface area contributed by atoms with Gasteiger partial charge in [0.2, 0.25) is 11.8 Å². The highest BCUT2D eigenvalue weighted by molar-refractivity contribution is 5.77. The Bertz CT molecular complexity index is 492. The van der Waals surface area contributed by atoms with E-state index in [4.69, 9.17) is 4.74 Å². The average molecular weight is 350 g/mol. The van der Waals surface area contributed by atoms with Crippen LogP contribution in [-0.2, 0) is 14.3 Å². The van der Waals surface area contributed by atoms with Crippen LogP contribution in [0.2, 0.25) is 0 Å². The summed E-state index contributed by atoms with van der Waals surface area (Å²) in [5, 5.41) is 13.9. The summed E-state index contributed by atoms with van der Waals surface area (Å²) in [7, 11) is 0. The average Bonchev–Trinajstić information content (AvgIpc) is 3.30. The van der Waals surface area contributed by atoms with E-state index in [1.807, 2.05) is 0 Å². The smallest absolute Gasteiger partial charge is 0.394 e. The van der Waals surface area contributed by atoms with E-state index in [1.54, 1.807) is 11.4 Å². The normalized spacial score (nSPS) is 26.9. The number of amides is 2. The summed E-state index contributed by atoms with van der Waals surface area (Å²) in [6.45, 7) is -1.77. The first-order valence-electron chi connectivity index (χ1n) is 7.84. The molecular weight excluding hydrogens is 329 g/mol. The van der Waals surface area contributed by atoms with Crippen molar-refractivity contribution in [1.82, 2.24) is 10.6 Å². The SMILES string of the molecule is O=C(C[C@H]1C=C[C@H](NC(=O)CC2CC2)[C@@H](CO)O1)NCC(F)(F)F. The maximum absolute atomic E-state index is 12.0. The number of rotatable bonds is 7. The zero-order valence-corrected chi connectivity index (χ0v) is 13.0. The highest BCUT2D eigenvalue weighted by Crippen LogP contribution is 2.32. The molecular formula is C15H21F3N2O4. The molecule has 0 aromatic carbocycles. The molecule has 0 saturated heterocycles. The van der Waals surface area contributed by atoms with Crippen LogP contribution in [0.3, 0.4) is 0 Å². The van der Waals surface area contributed by atoms with Gasteiger partial charge < -0.3 is 20.5 Å². The number of carbonyl (C=O) groups excluding carboxylic acids is 2. The van der Waals surface area contributed by atoms with E-state index in [9.17, 15) is 27.9 Å². The Kier molecular flexibility index (Phi) is 6.22. The lowest BCUT2D eigenvalue weighted by Crippen LogP contribution is -2.49. The van der Waals surface area contributed by atoms with Crippen LogP contribution < -0.4 is 10.6 Å². The lowest BCUT2D eigenvalue weighted by atomic mass is 10.0. The van der Waals surface area contributed by atoms with E-state index in [2.05, 4.69) is 5.32 Å². The number of aliphatic hydroxyl groups excluding tert-OH is 1. The molecule has 3 atom stereocenters. The van der Waals surface area contributed by atoms with Crippen LogP contribution in [0.4, 0.5) is 13.2 Å². The number of ether oxygens (including phenoxy) is 1. The first kappa shape index (κ1) is 18.7. The third-order valence-electron chi connectivity index (χ3n) is 3.83. The molecule has 6 nitrogen and oxygen atoms in total. The highest BCUT2D eigenvalue weighted by Gasteiger charge is 2.32. The first-order valence-corrected chi connectivity index (χ1v) is 7.84. The molecule has 1 heterocycles. The zero-order chi connectivity index (χ0) is 17.7. The second kappa shape index (κ2) is 7.98. The topological polar surface area (TPSA) is 87.7 Å². The van der Waals surface area contributed by atoms with E-state index in [-0.39, 0.29) is 18.9 Å². The van der Waals surface area contributed by atoms with Gasteiger partial charge in [-0.15, -0.1) is 0 Å². The van der Waals surface area contributed by atoms with Crippen molar-refractivity contribution in [2.45, 2.75) is 50.1 Å². The van der Waals surface area contributed by atoms with Crippen molar-refractivity contribution in [3.8, 4) is 0 Å². The first-order chi connectivity index (χ1) is 11.3. The molecule has 0 aromatic heterocycles. The summed E-state index contributed by atoms with van der Waals surface area (Å²) in [6, 6.07) is -0.518. The maximum atomic E-state index is 12.0. The summed E-state index contributed by atoms with van der Waals surface area (Å²) < 4.78 is 41.6. The molecule has 0 spiro atoms. The minimum Gasteiger partial charge on any atom is -0.394 e. The second-order valence-corrected chi connectivity index (χ2v) is 6.12. The van der Waals surface area contributed by atoms with Gasteiger partial charge in [0.25, 0.3) is 0 Å². The number of hydrogen-bond donors (Lipinski definition) is 3. The van der Waals surface area contributed by atoms with Gasteiger partial charge in [-0.3, -0.25) is 9.59 Å². The zero-order valence-electron chi connectivity index (χ0n) is 13.0. The van der Waals surface area contributed by atoms with E-state index in [0.717, 1.165) is 12.8 Å². The monoisotopic (exact) mass is 350 g/mol. The largest absolute Gasteiger partial charge is 0.405 e. The Morgan fingerprint density at radius 3 is 2.46 bits per heavy atom. The van der Waals surface area contributed by atoms with Gasteiger partial charge >= 0.3 is 6.18 Å². The van der Waals surface area contributed by atoms with Crippen molar-refractivity contribution in [3.05, 3.63) is 12.2 Å². The molecule has 9 heteroatoms. The fourth-order valence-corrected chi connectivity index (χ4v) is 2.42. The molecule has 1 saturated carbocycles. The molecule has 2 aliphatic rings. The fraction of sp³-hybridized carbons (Fsp3) is 0.733. The fourth-order valence-electron chi connectivity index (χ4n) is 2.42. The van der Waals surface area contributed by atoms with E-state index >= 15 is 0 Å². The third kappa shape index (κ3) is 6.48. The molecule has 24 heavy (non-hydrogen) atoms. The van der Waals surface area contributed by atoms with Crippen molar-refractivity contribution in [3.63, 3.8) is 0 Å². The van der Waals surface area contributed by atoms with Crippen LogP contribution in [0.5, 0.6) is 0 Å². The van der Waals surface area contributed by atoms with Crippen LogP contribution in [0.15, 0.2) is 12.2 Å². The number of hydrogen-bond acceptors (Lipinski definition) is 4. The lowest BCUT2D eigenvalue weighted by Gasteiger charge is -2.31. The Labute approximate surface area is 137 Å². The molecule has 2 amide bonds. The maximum Gasteiger partial charge on any atom is 0.405 e. The molecule has 1 aliphatic heterocycles. The van der Waals surface area contributed by atoms with Gasteiger partial charge in [-0.25, -0.2) is 0 Å². The van der Waals surface area contributed by atoms with Gasteiger partial charge in [0.15, 0.2) is 0 Å². The summed E-state index contributed by atoms with van der Waals surface area (Å²) in [5.74, 6) is -0.499. The van der Waals surface area contributed by atoms with Gasteiger partial charge in [0.05, 0.1) is 25.2 Å². The predicted octanol–water partition coefficient (Wildman–Crippen LogP) is 0.656. The van der Waals surface area contributed by atoms with Crippen molar-refractivity contribution in [2.24, 2.45) is 5.92 Å². The molecule has 1 aliphatic carbocycles. The van der Waals surface area contributed by atoms with Crippen molar-refractivity contribution >= 4 is 11.8 Å². The van der Waals surface area contributed by atoms with Crippen molar-refractivity contribution in [2.75, 3.05) is 13.2 Å². The minimum absolute atomic E-state index is 0.129. The Hall–Kier alpha value is -1.61. The van der Waals surface area contributed by atoms with Crippen LogP contribution in [0.1, 0.15) is 25.7 Å². The molecule has 0 unspecified atom stereocenters. The van der Waals surface area contributed by atoms with Crippen LogP contribution >= 0.6 is 0 Å². The number of carbonyl (C=O) groups is 2. The molecule has 0 radical (unpaired) electrons. The van der Waals surface area contributed by atoms with Crippen molar-refractivity contribution in [1.29, 1.82) is 0 Å². The van der Waals surface area contributed by atoms with Gasteiger partial charge in [-0.05, 0) is 18.8 Å². The molecule has 2 rings (SSSR count). The minimum atomic E-state index is -4.47. The van der Waals surface area contributed by atoms with Crippen LogP contribution in [0, 0.1) is 5.92 Å². The van der Waals surface area contributed by atoms with Crippen LogP contribution in [0.25, 0.3) is 0 Å². The molecule has 3 N–H and O–H groups in total. The molecule has 0 bridgehead atoms. The predicted molar refractivity (Wildman–Crippen MR) is 77.8 cm³/mol. The Balaban J connectivity index is 1.80. The van der Waals surface area contributed by atoms with Crippen molar-refractivity contribution < 1.29 is 32.6 Å². The van der Waals surface area contributed by atoms with E-state index in [0.29, 0.717) is 12.3 Å².